The summed E-state index contributed by atoms with van der Waals surface area (Å²) in [7, 11) is 0. The number of nitrogens with one attached hydrogen (secondary N) is 2. The van der Waals surface area contributed by atoms with Crippen molar-refractivity contribution >= 4 is 44.1 Å². The van der Waals surface area contributed by atoms with Crippen molar-refractivity contribution in [1.29, 1.82) is 0 Å². The van der Waals surface area contributed by atoms with Gasteiger partial charge in [0.25, 0.3) is 0 Å². The molecule has 208 valence electrons. The Morgan fingerprint density at radius 3 is 2.67 bits per heavy atom. The third-order valence-corrected chi connectivity index (χ3v) is 7.32. The Balaban J connectivity index is 1.07. The van der Waals surface area contributed by atoms with Gasteiger partial charge in [-0.25, -0.2) is 9.78 Å². The summed E-state index contributed by atoms with van der Waals surface area (Å²) in [6, 6.07) is 14.4. The van der Waals surface area contributed by atoms with E-state index in [1.54, 1.807) is 6.07 Å². The molecule has 1 aliphatic rings. The number of thiazole rings is 1. The molecule has 0 radical (unpaired) electrons. The normalized spacial score (nSPS) is 23.4. The first-order valence-electron chi connectivity index (χ1n) is 15.1. The molecule has 1 aliphatic heterocycles. The molecule has 40 heavy (non-hydrogen) atoms. The van der Waals surface area contributed by atoms with Gasteiger partial charge in [0, 0.05) is 51.3 Å². The van der Waals surface area contributed by atoms with E-state index in [0.29, 0.717) is 11.4 Å². The summed E-state index contributed by atoms with van der Waals surface area (Å²) in [6.07, 6.45) is 1.97. The number of rotatable bonds is 7. The smallest absolute Gasteiger partial charge is 0.326 e. The molecule has 0 spiro atoms. The lowest BCUT2D eigenvalue weighted by Gasteiger charge is -2.26. The predicted octanol–water partition coefficient (Wildman–Crippen LogP) is 5.86. The molecule has 0 aliphatic carbocycles. The fraction of sp³-hybridized carbons (Fsp3) is 0.345. The van der Waals surface area contributed by atoms with Crippen LogP contribution in [0.15, 0.2) is 59.3 Å². The zero-order chi connectivity index (χ0) is 31.2. The van der Waals surface area contributed by atoms with Gasteiger partial charge >= 0.3 is 6.03 Å². The highest BCUT2D eigenvalue weighted by Gasteiger charge is 2.20. The molecule has 1 saturated heterocycles. The number of hydrogen-bond acceptors (Lipinski definition) is 8. The van der Waals surface area contributed by atoms with Crippen LogP contribution in [0.3, 0.4) is 0 Å². The second-order valence-electron chi connectivity index (χ2n) is 10.3. The average Bonchev–Trinajstić information content (AvgIpc) is 3.69. The van der Waals surface area contributed by atoms with Crippen LogP contribution in [0.25, 0.3) is 26.4 Å². The van der Waals surface area contributed by atoms with E-state index in [-0.39, 0.29) is 24.5 Å². The summed E-state index contributed by atoms with van der Waals surface area (Å²) in [6.45, 7) is 2.05. The van der Waals surface area contributed by atoms with Crippen LogP contribution in [0.2, 0.25) is 0 Å². The van der Waals surface area contributed by atoms with Crippen LogP contribution in [0.5, 0.6) is 5.75 Å². The molecule has 0 bridgehead atoms. The molecule has 3 aromatic heterocycles. The van der Waals surface area contributed by atoms with Crippen molar-refractivity contribution in [3.05, 3.63) is 60.4 Å². The molecule has 6 rings (SSSR count). The van der Waals surface area contributed by atoms with Gasteiger partial charge in [-0.05, 0) is 30.3 Å². The van der Waals surface area contributed by atoms with Gasteiger partial charge in [0.05, 0.1) is 37.5 Å². The molecule has 5 aromatic rings. The highest BCUT2D eigenvalue weighted by Crippen LogP contribution is 2.32. The van der Waals surface area contributed by atoms with E-state index in [1.807, 2.05) is 73.8 Å². The Bertz CT molecular complexity index is 1770. The van der Waals surface area contributed by atoms with Crippen molar-refractivity contribution in [3.8, 4) is 17.0 Å². The molecular weight excluding hydrogens is 528 g/mol. The first kappa shape index (κ1) is 21.8. The van der Waals surface area contributed by atoms with Crippen LogP contribution in [0.1, 0.15) is 31.9 Å². The molecule has 10 nitrogen and oxygen atoms in total. The van der Waals surface area contributed by atoms with E-state index in [2.05, 4.69) is 15.8 Å². The first-order chi connectivity index (χ1) is 21.0. The van der Waals surface area contributed by atoms with Crippen molar-refractivity contribution in [1.82, 2.24) is 19.4 Å². The number of morpholine rings is 1. The van der Waals surface area contributed by atoms with Crippen LogP contribution >= 0.6 is 11.3 Å². The van der Waals surface area contributed by atoms with Gasteiger partial charge in [0.2, 0.25) is 5.88 Å². The third-order valence-electron chi connectivity index (χ3n) is 6.30. The minimum Gasteiger partial charge on any atom is -0.492 e. The molecule has 2 amide bonds. The topological polar surface area (TPSA) is 106 Å². The van der Waals surface area contributed by atoms with Gasteiger partial charge in [-0.2, -0.15) is 0 Å². The number of aromatic nitrogens is 3. The first-order valence-corrected chi connectivity index (χ1v) is 13.6. The minimum absolute atomic E-state index is 0.186. The van der Waals surface area contributed by atoms with E-state index in [1.165, 1.54) is 16.2 Å². The maximum absolute atomic E-state index is 12.4. The van der Waals surface area contributed by atoms with Crippen molar-refractivity contribution in [3.63, 3.8) is 0 Å². The van der Waals surface area contributed by atoms with E-state index in [4.69, 9.17) is 24.5 Å². The minimum atomic E-state index is -1.18. The van der Waals surface area contributed by atoms with Gasteiger partial charge in [0.15, 0.2) is 4.96 Å². The maximum atomic E-state index is 12.4. The number of imidazole rings is 1. The SMILES string of the molecule is [2H]C1OC([2H])C([2H])N(CCOc2ccc3c(c2)sc2nc(-c4ccc(NC(=O)Nc5cc(C(C)(C)C)no5)cc4)cn23)C1[2H]. The predicted molar refractivity (Wildman–Crippen MR) is 157 cm³/mol. The standard InChI is InChI=1S/C29H32N6O4S/c1-29(2,3)25-17-26(39-33-25)32-27(36)30-20-6-4-19(5-7-20)22-18-35-23-9-8-21(16-24(23)40-28(35)31-22)38-15-12-34-10-13-37-14-11-34/h4-9,16-18H,10-15H2,1-3H3,(H2,30,32,36)/i10D,11D,13D,14D. The quantitative estimate of drug-likeness (QED) is 0.255. The second-order valence-corrected chi connectivity index (χ2v) is 11.3. The molecule has 2 N–H and O–H groups in total. The summed E-state index contributed by atoms with van der Waals surface area (Å²) in [5, 5.41) is 9.46. The Morgan fingerprint density at radius 2 is 1.93 bits per heavy atom. The van der Waals surface area contributed by atoms with Crippen LogP contribution < -0.4 is 15.4 Å². The summed E-state index contributed by atoms with van der Waals surface area (Å²) in [5.74, 6) is 0.921. The molecule has 2 aromatic carbocycles. The molecule has 1 fully saturated rings. The number of carbonyl (C=O) groups is 1. The fourth-order valence-electron chi connectivity index (χ4n) is 4.14. The molecular formula is C29H32N6O4S. The molecule has 4 atom stereocenters. The summed E-state index contributed by atoms with van der Waals surface area (Å²) in [5.41, 5.74) is 3.86. The van der Waals surface area contributed by atoms with E-state index in [0.717, 1.165) is 32.1 Å². The monoisotopic (exact) mass is 564 g/mol. The van der Waals surface area contributed by atoms with Crippen molar-refractivity contribution < 1.29 is 24.3 Å². The number of amides is 2. The number of carbonyl (C=O) groups excluding carboxylic acids is 1. The van der Waals surface area contributed by atoms with E-state index < -0.39 is 32.2 Å². The number of fused-ring (bicyclic) bond motifs is 3. The Morgan fingerprint density at radius 1 is 1.12 bits per heavy atom. The van der Waals surface area contributed by atoms with Gasteiger partial charge in [0.1, 0.15) is 12.4 Å². The number of urea groups is 1. The lowest BCUT2D eigenvalue weighted by molar-refractivity contribution is 0.0322. The van der Waals surface area contributed by atoms with Gasteiger partial charge in [-0.15, -0.1) is 0 Å². The Hall–Kier alpha value is -3.93. The second kappa shape index (κ2) is 10.9. The van der Waals surface area contributed by atoms with Gasteiger partial charge < -0.3 is 19.3 Å². The van der Waals surface area contributed by atoms with Crippen molar-refractivity contribution in [2.45, 2.75) is 26.2 Å². The summed E-state index contributed by atoms with van der Waals surface area (Å²) in [4.78, 5) is 19.5. The maximum Gasteiger partial charge on any atom is 0.326 e. The average molecular weight is 565 g/mol. The van der Waals surface area contributed by atoms with Crippen molar-refractivity contribution in [2.75, 3.05) is 50.0 Å². The number of ether oxygens (including phenoxy) is 2. The molecule has 11 heteroatoms. The lowest BCUT2D eigenvalue weighted by atomic mass is 9.92. The number of hydrogen-bond donors (Lipinski definition) is 2. The number of benzene rings is 2. The zero-order valence-electron chi connectivity index (χ0n) is 26.2. The Labute approximate surface area is 241 Å². The van der Waals surface area contributed by atoms with E-state index >= 15 is 0 Å². The van der Waals surface area contributed by atoms with Crippen LogP contribution in [0.4, 0.5) is 16.4 Å². The molecule has 4 heterocycles. The van der Waals surface area contributed by atoms with E-state index in [9.17, 15) is 4.79 Å². The van der Waals surface area contributed by atoms with Gasteiger partial charge in [-0.1, -0.05) is 49.4 Å². The molecule has 4 unspecified atom stereocenters. The van der Waals surface area contributed by atoms with Crippen LogP contribution in [-0.2, 0) is 10.2 Å². The fourth-order valence-corrected chi connectivity index (χ4v) is 5.17. The summed E-state index contributed by atoms with van der Waals surface area (Å²) >= 11 is 1.53. The van der Waals surface area contributed by atoms with Gasteiger partial charge in [-0.3, -0.25) is 14.6 Å². The summed E-state index contributed by atoms with van der Waals surface area (Å²) < 4.78 is 50.9. The van der Waals surface area contributed by atoms with Crippen LogP contribution in [-0.4, -0.2) is 64.8 Å². The largest absolute Gasteiger partial charge is 0.492 e. The number of anilines is 2. The third kappa shape index (κ3) is 5.81. The highest BCUT2D eigenvalue weighted by molar-refractivity contribution is 7.23. The molecule has 0 saturated carbocycles. The zero-order valence-corrected chi connectivity index (χ0v) is 23.1. The highest BCUT2D eigenvalue weighted by atomic mass is 32.1. The van der Waals surface area contributed by atoms with Crippen molar-refractivity contribution in [2.24, 2.45) is 0 Å². The number of nitrogens with zero attached hydrogens (tertiary/aromatic N) is 4. The lowest BCUT2D eigenvalue weighted by Crippen LogP contribution is -2.38. The Kier molecular flexibility index (Phi) is 5.96. The van der Waals surface area contributed by atoms with Crippen LogP contribution in [0, 0.1) is 0 Å².